The minimum absolute atomic E-state index is 0.00480. The van der Waals surface area contributed by atoms with Crippen molar-refractivity contribution in [3.63, 3.8) is 0 Å². The summed E-state index contributed by atoms with van der Waals surface area (Å²) in [5.41, 5.74) is 4.28. The highest BCUT2D eigenvalue weighted by atomic mass is 16.4. The van der Waals surface area contributed by atoms with E-state index in [1.54, 1.807) is 0 Å². The van der Waals surface area contributed by atoms with Crippen LogP contribution in [0.1, 0.15) is 55.0 Å². The van der Waals surface area contributed by atoms with Crippen LogP contribution in [0, 0.1) is 13.8 Å². The fourth-order valence-electron chi connectivity index (χ4n) is 3.37. The van der Waals surface area contributed by atoms with Crippen LogP contribution in [0.4, 0.5) is 0 Å². The van der Waals surface area contributed by atoms with Crippen molar-refractivity contribution in [2.45, 2.75) is 58.4 Å². The maximum Gasteiger partial charge on any atom is 0.323 e. The van der Waals surface area contributed by atoms with E-state index in [1.165, 1.54) is 30.4 Å². The molecule has 0 atom stereocenters. The zero-order chi connectivity index (χ0) is 15.0. The fourth-order valence-corrected chi connectivity index (χ4v) is 3.37. The van der Waals surface area contributed by atoms with Crippen LogP contribution in [-0.4, -0.2) is 20.6 Å². The van der Waals surface area contributed by atoms with E-state index in [-0.39, 0.29) is 6.54 Å². The van der Waals surface area contributed by atoms with Crippen LogP contribution in [0.2, 0.25) is 0 Å². The Morgan fingerprint density at radius 2 is 1.90 bits per heavy atom. The molecule has 4 nitrogen and oxygen atoms in total. The van der Waals surface area contributed by atoms with Crippen LogP contribution in [0.25, 0.3) is 11.0 Å². The van der Waals surface area contributed by atoms with Crippen molar-refractivity contribution >= 4 is 17.0 Å². The van der Waals surface area contributed by atoms with Gasteiger partial charge in [-0.3, -0.25) is 4.79 Å². The number of carboxylic acids is 1. The highest BCUT2D eigenvalue weighted by Crippen LogP contribution is 2.34. The number of aliphatic carboxylic acids is 1. The van der Waals surface area contributed by atoms with Gasteiger partial charge in [-0.05, 0) is 49.9 Å². The minimum atomic E-state index is -0.801. The monoisotopic (exact) mass is 286 g/mol. The van der Waals surface area contributed by atoms with Crippen molar-refractivity contribution in [1.29, 1.82) is 0 Å². The lowest BCUT2D eigenvalue weighted by Crippen LogP contribution is -2.16. The number of fused-ring (bicyclic) bond motifs is 1. The number of carboxylic acid groups (broad SMARTS) is 1. The maximum atomic E-state index is 11.2. The Morgan fingerprint density at radius 3 is 2.57 bits per heavy atom. The van der Waals surface area contributed by atoms with E-state index in [0.717, 1.165) is 29.7 Å². The zero-order valence-corrected chi connectivity index (χ0v) is 12.7. The molecule has 1 aromatic heterocycles. The van der Waals surface area contributed by atoms with Crippen LogP contribution in [0.5, 0.6) is 0 Å². The normalized spacial score (nSPS) is 16.5. The summed E-state index contributed by atoms with van der Waals surface area (Å²) < 4.78 is 1.92. The van der Waals surface area contributed by atoms with Gasteiger partial charge in [0.1, 0.15) is 12.4 Å². The topological polar surface area (TPSA) is 55.1 Å². The largest absolute Gasteiger partial charge is 0.480 e. The molecule has 1 saturated carbocycles. The molecule has 21 heavy (non-hydrogen) atoms. The van der Waals surface area contributed by atoms with Gasteiger partial charge in [0, 0.05) is 5.92 Å². The predicted molar refractivity (Wildman–Crippen MR) is 82.7 cm³/mol. The summed E-state index contributed by atoms with van der Waals surface area (Å²) in [5, 5.41) is 9.24. The summed E-state index contributed by atoms with van der Waals surface area (Å²) in [6, 6.07) is 4.16. The molecule has 0 amide bonds. The van der Waals surface area contributed by atoms with E-state index < -0.39 is 5.97 Å². The van der Waals surface area contributed by atoms with E-state index in [1.807, 2.05) is 4.57 Å². The number of carbonyl (C=O) groups is 1. The van der Waals surface area contributed by atoms with Crippen molar-refractivity contribution in [1.82, 2.24) is 9.55 Å². The zero-order valence-electron chi connectivity index (χ0n) is 12.7. The molecule has 2 aromatic rings. The van der Waals surface area contributed by atoms with Crippen LogP contribution < -0.4 is 0 Å². The standard InChI is InChI=1S/C17H22N2O2/c1-11-8-14-15(9-12(11)2)19(10-16(20)21)17(18-14)13-6-4-3-5-7-13/h8-9,13H,3-7,10H2,1-2H3,(H,20,21). The summed E-state index contributed by atoms with van der Waals surface area (Å²) in [6.45, 7) is 4.14. The molecule has 4 heteroatoms. The van der Waals surface area contributed by atoms with Gasteiger partial charge in [0.15, 0.2) is 0 Å². The molecule has 0 saturated heterocycles. The molecule has 1 aliphatic carbocycles. The quantitative estimate of drug-likeness (QED) is 0.934. The van der Waals surface area contributed by atoms with Crippen LogP contribution >= 0.6 is 0 Å². The van der Waals surface area contributed by atoms with Crippen molar-refractivity contribution in [2.75, 3.05) is 0 Å². The molecular weight excluding hydrogens is 264 g/mol. The van der Waals surface area contributed by atoms with Crippen LogP contribution in [0.15, 0.2) is 12.1 Å². The predicted octanol–water partition coefficient (Wildman–Crippen LogP) is 3.79. The first-order valence-electron chi connectivity index (χ1n) is 7.75. The van der Waals surface area contributed by atoms with Crippen LogP contribution in [0.3, 0.4) is 0 Å². The number of nitrogens with zero attached hydrogens (tertiary/aromatic N) is 2. The van der Waals surface area contributed by atoms with Crippen LogP contribution in [-0.2, 0) is 11.3 Å². The summed E-state index contributed by atoms with van der Waals surface area (Å²) >= 11 is 0. The summed E-state index contributed by atoms with van der Waals surface area (Å²) in [6.07, 6.45) is 5.98. The second-order valence-electron chi connectivity index (χ2n) is 6.21. The number of imidazole rings is 1. The molecule has 0 unspecified atom stereocenters. The Morgan fingerprint density at radius 1 is 1.24 bits per heavy atom. The third-order valence-corrected chi connectivity index (χ3v) is 4.66. The Balaban J connectivity index is 2.14. The SMILES string of the molecule is Cc1cc2nc(C3CCCCC3)n(CC(=O)O)c2cc1C. The van der Waals surface area contributed by atoms with Gasteiger partial charge < -0.3 is 9.67 Å². The van der Waals surface area contributed by atoms with E-state index in [0.29, 0.717) is 5.92 Å². The number of hydrogen-bond donors (Lipinski definition) is 1. The lowest BCUT2D eigenvalue weighted by atomic mass is 9.88. The average Bonchev–Trinajstić information content (AvgIpc) is 2.78. The first kappa shape index (κ1) is 14.1. The molecule has 1 fully saturated rings. The van der Waals surface area contributed by atoms with Crippen molar-refractivity contribution in [3.8, 4) is 0 Å². The molecule has 3 rings (SSSR count). The van der Waals surface area contributed by atoms with E-state index >= 15 is 0 Å². The van der Waals surface area contributed by atoms with Crippen molar-refractivity contribution < 1.29 is 9.90 Å². The number of aromatic nitrogens is 2. The minimum Gasteiger partial charge on any atom is -0.480 e. The van der Waals surface area contributed by atoms with Gasteiger partial charge >= 0.3 is 5.97 Å². The van der Waals surface area contributed by atoms with E-state index in [4.69, 9.17) is 4.98 Å². The summed E-state index contributed by atoms with van der Waals surface area (Å²) in [4.78, 5) is 16.0. The average molecular weight is 286 g/mol. The first-order chi connectivity index (χ1) is 10.1. The lowest BCUT2D eigenvalue weighted by molar-refractivity contribution is -0.137. The second-order valence-corrected chi connectivity index (χ2v) is 6.21. The Labute approximate surface area is 124 Å². The van der Waals surface area contributed by atoms with Gasteiger partial charge in [-0.2, -0.15) is 0 Å². The number of aryl methyl sites for hydroxylation is 2. The van der Waals surface area contributed by atoms with Gasteiger partial charge in [0.25, 0.3) is 0 Å². The molecular formula is C17H22N2O2. The van der Waals surface area contributed by atoms with Gasteiger partial charge in [-0.15, -0.1) is 0 Å². The van der Waals surface area contributed by atoms with E-state index in [2.05, 4.69) is 26.0 Å². The number of benzene rings is 1. The van der Waals surface area contributed by atoms with Gasteiger partial charge in [0.05, 0.1) is 11.0 Å². The van der Waals surface area contributed by atoms with Crippen molar-refractivity contribution in [2.24, 2.45) is 0 Å². The third kappa shape index (κ3) is 2.67. The molecule has 1 aliphatic rings. The Bertz CT molecular complexity index is 682. The summed E-state index contributed by atoms with van der Waals surface area (Å²) in [5.74, 6) is 0.577. The van der Waals surface area contributed by atoms with Crippen molar-refractivity contribution in [3.05, 3.63) is 29.1 Å². The first-order valence-corrected chi connectivity index (χ1v) is 7.75. The fraction of sp³-hybridized carbons (Fsp3) is 0.529. The highest BCUT2D eigenvalue weighted by Gasteiger charge is 2.23. The molecule has 0 aliphatic heterocycles. The summed E-state index contributed by atoms with van der Waals surface area (Å²) in [7, 11) is 0. The van der Waals surface area contributed by atoms with Gasteiger partial charge in [-0.25, -0.2) is 4.98 Å². The molecule has 0 bridgehead atoms. The second kappa shape index (κ2) is 5.51. The molecule has 0 spiro atoms. The number of hydrogen-bond acceptors (Lipinski definition) is 2. The lowest BCUT2D eigenvalue weighted by Gasteiger charge is -2.21. The molecule has 1 aromatic carbocycles. The van der Waals surface area contributed by atoms with Gasteiger partial charge in [0.2, 0.25) is 0 Å². The molecule has 1 heterocycles. The van der Waals surface area contributed by atoms with Gasteiger partial charge in [-0.1, -0.05) is 19.3 Å². The third-order valence-electron chi connectivity index (χ3n) is 4.66. The smallest absolute Gasteiger partial charge is 0.323 e. The molecule has 0 radical (unpaired) electrons. The highest BCUT2D eigenvalue weighted by molar-refractivity contribution is 5.80. The molecule has 112 valence electrons. The Hall–Kier alpha value is -1.84. The number of rotatable bonds is 3. The maximum absolute atomic E-state index is 11.2. The van der Waals surface area contributed by atoms with E-state index in [9.17, 15) is 9.90 Å². The Kier molecular flexibility index (Phi) is 3.70. The molecule has 1 N–H and O–H groups in total.